The zero-order valence-corrected chi connectivity index (χ0v) is 25.7. The van der Waals surface area contributed by atoms with Gasteiger partial charge in [-0.15, -0.1) is 0 Å². The predicted octanol–water partition coefficient (Wildman–Crippen LogP) is 6.71. The van der Waals surface area contributed by atoms with Crippen LogP contribution in [0.5, 0.6) is 0 Å². The average molecular weight is 606 g/mol. The normalized spacial score (nSPS) is 16.7. The van der Waals surface area contributed by atoms with Crippen LogP contribution in [0.2, 0.25) is 0 Å². The number of rotatable bonds is 9. The van der Waals surface area contributed by atoms with E-state index in [1.807, 2.05) is 26.0 Å². The zero-order chi connectivity index (χ0) is 31.7. The van der Waals surface area contributed by atoms with Crippen molar-refractivity contribution in [3.8, 4) is 11.1 Å². The number of nitrogens with one attached hydrogen (secondary N) is 2. The number of esters is 1. The third-order valence-corrected chi connectivity index (χ3v) is 8.69. The molecule has 2 heterocycles. The second kappa shape index (κ2) is 12.6. The lowest BCUT2D eigenvalue weighted by Crippen LogP contribution is -2.27. The highest BCUT2D eigenvalue weighted by molar-refractivity contribution is 6.11. The molecule has 0 fully saturated rings. The summed E-state index contributed by atoms with van der Waals surface area (Å²) in [4.78, 5) is 45.3. The number of hydrogen-bond acceptors (Lipinski definition) is 5. The Bertz CT molecular complexity index is 1770. The molecule has 7 nitrogen and oxygen atoms in total. The second-order valence-corrected chi connectivity index (χ2v) is 12.0. The van der Waals surface area contributed by atoms with Gasteiger partial charge in [-0.05, 0) is 85.0 Å². The number of carbonyl (C=O) groups is 3. The fourth-order valence-electron chi connectivity index (χ4n) is 6.42. The molecule has 1 aliphatic carbocycles. The van der Waals surface area contributed by atoms with Crippen molar-refractivity contribution in [2.24, 2.45) is 5.92 Å². The highest BCUT2D eigenvalue weighted by Crippen LogP contribution is 2.40. The maximum Gasteiger partial charge on any atom is 0.340 e. The summed E-state index contributed by atoms with van der Waals surface area (Å²) in [5, 5.41) is 6.21. The SMILES string of the molecule is CCOC(=O)c1c(CCc2ccc(F)cc2)nc2c(c1-c1ccc(C(=O)NC3CCc4ccccc43)cc1)C(=O)NC2C(C)C. The maximum atomic E-state index is 13.6. The van der Waals surface area contributed by atoms with Gasteiger partial charge < -0.3 is 15.4 Å². The monoisotopic (exact) mass is 605 g/mol. The smallest absolute Gasteiger partial charge is 0.340 e. The highest BCUT2D eigenvalue weighted by atomic mass is 19.1. The second-order valence-electron chi connectivity index (χ2n) is 12.0. The van der Waals surface area contributed by atoms with Crippen molar-refractivity contribution in [3.05, 3.63) is 123 Å². The minimum atomic E-state index is -0.570. The van der Waals surface area contributed by atoms with Crippen LogP contribution in [0, 0.1) is 11.7 Å². The van der Waals surface area contributed by atoms with Gasteiger partial charge in [-0.1, -0.05) is 62.4 Å². The number of halogens is 1. The first-order valence-corrected chi connectivity index (χ1v) is 15.5. The van der Waals surface area contributed by atoms with Crippen molar-refractivity contribution in [1.82, 2.24) is 15.6 Å². The third-order valence-electron chi connectivity index (χ3n) is 8.69. The lowest BCUT2D eigenvalue weighted by molar-refractivity contribution is 0.0525. The number of benzene rings is 3. The van der Waals surface area contributed by atoms with E-state index < -0.39 is 5.97 Å². The number of pyridine rings is 1. The van der Waals surface area contributed by atoms with E-state index in [4.69, 9.17) is 9.72 Å². The summed E-state index contributed by atoms with van der Waals surface area (Å²) >= 11 is 0. The fourth-order valence-corrected chi connectivity index (χ4v) is 6.42. The highest BCUT2D eigenvalue weighted by Gasteiger charge is 2.38. The molecule has 2 N–H and O–H groups in total. The Hall–Kier alpha value is -4.85. The molecule has 4 aromatic rings. The van der Waals surface area contributed by atoms with Crippen molar-refractivity contribution in [3.63, 3.8) is 0 Å². The summed E-state index contributed by atoms with van der Waals surface area (Å²) in [6.07, 6.45) is 2.66. The van der Waals surface area contributed by atoms with Crippen LogP contribution in [0.3, 0.4) is 0 Å². The number of fused-ring (bicyclic) bond motifs is 2. The van der Waals surface area contributed by atoms with Gasteiger partial charge in [0.25, 0.3) is 11.8 Å². The Morgan fingerprint density at radius 2 is 1.73 bits per heavy atom. The Kier molecular flexibility index (Phi) is 8.48. The number of ether oxygens (including phenoxy) is 1. The molecule has 2 aliphatic rings. The summed E-state index contributed by atoms with van der Waals surface area (Å²) in [7, 11) is 0. The largest absolute Gasteiger partial charge is 0.462 e. The summed E-state index contributed by atoms with van der Waals surface area (Å²) in [6, 6.07) is 21.0. The maximum absolute atomic E-state index is 13.6. The Morgan fingerprint density at radius 1 is 1.00 bits per heavy atom. The van der Waals surface area contributed by atoms with Crippen LogP contribution in [-0.4, -0.2) is 29.4 Å². The Balaban J connectivity index is 1.40. The molecular weight excluding hydrogens is 569 g/mol. The summed E-state index contributed by atoms with van der Waals surface area (Å²) in [5.41, 5.74) is 6.52. The molecule has 1 aromatic heterocycles. The van der Waals surface area contributed by atoms with Gasteiger partial charge in [0.05, 0.1) is 41.2 Å². The number of amides is 2. The number of nitrogens with zero attached hydrogens (tertiary/aromatic N) is 1. The van der Waals surface area contributed by atoms with Crippen LogP contribution < -0.4 is 10.6 Å². The van der Waals surface area contributed by atoms with E-state index in [2.05, 4.69) is 22.8 Å². The quantitative estimate of drug-likeness (QED) is 0.207. The van der Waals surface area contributed by atoms with E-state index in [1.165, 1.54) is 17.7 Å². The lowest BCUT2D eigenvalue weighted by atomic mass is 9.88. The van der Waals surface area contributed by atoms with Gasteiger partial charge in [0.1, 0.15) is 5.82 Å². The number of hydrogen-bond donors (Lipinski definition) is 2. The van der Waals surface area contributed by atoms with Gasteiger partial charge in [0, 0.05) is 11.1 Å². The standard InChI is InChI=1S/C37H36FN3O4/c1-4-45-37(44)31-29(19-11-22-9-17-26(38)18-10-22)39-34-32(36(43)41-33(34)21(2)3)30(31)24-12-14-25(15-13-24)35(42)40-28-20-16-23-7-5-6-8-27(23)28/h5-10,12-15,17-18,21,28,33H,4,11,16,19-20H2,1-3H3,(H,40,42)(H,41,43). The number of aryl methyl sites for hydroxylation is 3. The molecule has 0 saturated carbocycles. The van der Waals surface area contributed by atoms with Gasteiger partial charge in [-0.3, -0.25) is 14.6 Å². The van der Waals surface area contributed by atoms with E-state index in [0.29, 0.717) is 46.5 Å². The molecule has 0 saturated heterocycles. The molecule has 1 aliphatic heterocycles. The lowest BCUT2D eigenvalue weighted by Gasteiger charge is -2.20. The third kappa shape index (κ3) is 5.97. The minimum Gasteiger partial charge on any atom is -0.462 e. The molecule has 2 amide bonds. The molecule has 0 radical (unpaired) electrons. The Labute approximate surface area is 262 Å². The molecule has 8 heteroatoms. The fraction of sp³-hybridized carbons (Fsp3) is 0.297. The topological polar surface area (TPSA) is 97.4 Å². The summed E-state index contributed by atoms with van der Waals surface area (Å²) in [6.45, 7) is 5.90. The van der Waals surface area contributed by atoms with Crippen LogP contribution in [0.15, 0.2) is 72.8 Å². The number of carbonyl (C=O) groups excluding carboxylic acids is 3. The van der Waals surface area contributed by atoms with E-state index in [9.17, 15) is 18.8 Å². The molecule has 3 aromatic carbocycles. The van der Waals surface area contributed by atoms with Gasteiger partial charge in [0.15, 0.2) is 0 Å². The first-order chi connectivity index (χ1) is 21.7. The average Bonchev–Trinajstić information content (AvgIpc) is 3.60. The van der Waals surface area contributed by atoms with Crippen molar-refractivity contribution in [2.75, 3.05) is 6.61 Å². The van der Waals surface area contributed by atoms with E-state index in [-0.39, 0.29) is 47.8 Å². The first kappa shape index (κ1) is 30.2. The molecule has 0 bridgehead atoms. The van der Waals surface area contributed by atoms with Crippen molar-refractivity contribution in [2.45, 2.75) is 58.5 Å². The molecule has 230 valence electrons. The van der Waals surface area contributed by atoms with Crippen molar-refractivity contribution in [1.29, 1.82) is 0 Å². The van der Waals surface area contributed by atoms with E-state index in [1.54, 1.807) is 43.3 Å². The van der Waals surface area contributed by atoms with Crippen LogP contribution in [0.1, 0.15) is 98.4 Å². The van der Waals surface area contributed by atoms with E-state index >= 15 is 0 Å². The van der Waals surface area contributed by atoms with Crippen LogP contribution in [0.25, 0.3) is 11.1 Å². The van der Waals surface area contributed by atoms with E-state index in [0.717, 1.165) is 24.0 Å². The van der Waals surface area contributed by atoms with Gasteiger partial charge in [0.2, 0.25) is 0 Å². The summed E-state index contributed by atoms with van der Waals surface area (Å²) in [5.74, 6) is -1.33. The molecule has 45 heavy (non-hydrogen) atoms. The first-order valence-electron chi connectivity index (χ1n) is 15.5. The molecular formula is C37H36FN3O4. The molecule has 0 spiro atoms. The van der Waals surface area contributed by atoms with Gasteiger partial charge in [-0.2, -0.15) is 0 Å². The van der Waals surface area contributed by atoms with Crippen LogP contribution in [0.4, 0.5) is 4.39 Å². The van der Waals surface area contributed by atoms with Crippen molar-refractivity contribution < 1.29 is 23.5 Å². The van der Waals surface area contributed by atoms with Gasteiger partial charge in [-0.25, -0.2) is 9.18 Å². The molecule has 2 atom stereocenters. The predicted molar refractivity (Wildman–Crippen MR) is 169 cm³/mol. The molecule has 2 unspecified atom stereocenters. The number of aromatic nitrogens is 1. The molecule has 6 rings (SSSR count). The van der Waals surface area contributed by atoms with Crippen LogP contribution in [-0.2, 0) is 24.0 Å². The Morgan fingerprint density at radius 3 is 2.44 bits per heavy atom. The summed E-state index contributed by atoms with van der Waals surface area (Å²) < 4.78 is 19.1. The van der Waals surface area contributed by atoms with Crippen molar-refractivity contribution >= 4 is 17.8 Å². The minimum absolute atomic E-state index is 0.0485. The van der Waals surface area contributed by atoms with Crippen LogP contribution >= 0.6 is 0 Å². The zero-order valence-electron chi connectivity index (χ0n) is 25.7. The van der Waals surface area contributed by atoms with Gasteiger partial charge >= 0.3 is 5.97 Å².